The minimum atomic E-state index is 0.589. The molecule has 0 fully saturated rings. The molecule has 2 aromatic carbocycles. The Hall–Kier alpha value is -3.13. The van der Waals surface area contributed by atoms with Gasteiger partial charge in [-0.15, -0.1) is 5.10 Å². The van der Waals surface area contributed by atoms with Gasteiger partial charge in [-0.05, 0) is 34.7 Å². The van der Waals surface area contributed by atoms with Gasteiger partial charge < -0.3 is 9.15 Å². The number of thioether (sulfide) groups is 1. The number of hydrogen-bond acceptors (Lipinski definition) is 7. The van der Waals surface area contributed by atoms with Gasteiger partial charge in [0, 0.05) is 11.3 Å². The van der Waals surface area contributed by atoms with Gasteiger partial charge in [0.25, 0.3) is 0 Å². The predicted octanol–water partition coefficient (Wildman–Crippen LogP) is 3.62. The lowest BCUT2D eigenvalue weighted by Crippen LogP contribution is -2.01. The van der Waals surface area contributed by atoms with Crippen LogP contribution >= 0.6 is 11.8 Å². The highest BCUT2D eigenvalue weighted by Crippen LogP contribution is 2.28. The molecule has 0 radical (unpaired) electrons. The molecule has 0 bridgehead atoms. The molecule has 26 heavy (non-hydrogen) atoms. The van der Waals surface area contributed by atoms with Crippen molar-refractivity contribution in [2.75, 3.05) is 7.11 Å². The molecule has 130 valence electrons. The number of para-hydroxylation sites is 2. The maximum absolute atomic E-state index is 5.57. The van der Waals surface area contributed by atoms with Crippen LogP contribution in [0.4, 0.5) is 0 Å². The molecular weight excluding hydrogens is 350 g/mol. The third kappa shape index (κ3) is 3.31. The Kier molecular flexibility index (Phi) is 4.65. The second-order valence-corrected chi connectivity index (χ2v) is 6.29. The van der Waals surface area contributed by atoms with Crippen LogP contribution in [0.3, 0.4) is 0 Å². The third-order valence-electron chi connectivity index (χ3n) is 3.68. The molecule has 0 N–H and O–H groups in total. The highest BCUT2D eigenvalue weighted by molar-refractivity contribution is 7.98. The second-order valence-electron chi connectivity index (χ2n) is 5.34. The number of nitrogens with zero attached hydrogens (tertiary/aromatic N) is 5. The van der Waals surface area contributed by atoms with Gasteiger partial charge in [0.1, 0.15) is 17.7 Å². The van der Waals surface area contributed by atoms with Crippen molar-refractivity contribution in [3.05, 3.63) is 66.6 Å². The van der Waals surface area contributed by atoms with Crippen LogP contribution in [-0.4, -0.2) is 32.3 Å². The zero-order valence-corrected chi connectivity index (χ0v) is 14.8. The first-order valence-corrected chi connectivity index (χ1v) is 8.88. The van der Waals surface area contributed by atoms with Crippen LogP contribution in [0.1, 0.15) is 5.69 Å². The van der Waals surface area contributed by atoms with Crippen molar-refractivity contribution in [3.8, 4) is 22.9 Å². The van der Waals surface area contributed by atoms with Crippen molar-refractivity contribution in [2.24, 2.45) is 0 Å². The van der Waals surface area contributed by atoms with Crippen molar-refractivity contribution < 1.29 is 9.15 Å². The van der Waals surface area contributed by atoms with E-state index in [1.54, 1.807) is 18.1 Å². The van der Waals surface area contributed by atoms with Crippen molar-refractivity contribution in [2.45, 2.75) is 10.9 Å². The Morgan fingerprint density at radius 2 is 1.88 bits per heavy atom. The van der Waals surface area contributed by atoms with E-state index in [1.807, 2.05) is 54.6 Å². The normalized spacial score (nSPS) is 10.8. The summed E-state index contributed by atoms with van der Waals surface area (Å²) in [6, 6.07) is 17.4. The van der Waals surface area contributed by atoms with Crippen LogP contribution in [0.25, 0.3) is 17.1 Å². The highest BCUT2D eigenvalue weighted by Gasteiger charge is 2.14. The van der Waals surface area contributed by atoms with Crippen molar-refractivity contribution in [1.82, 2.24) is 25.2 Å². The number of tetrazole rings is 1. The molecule has 2 aromatic heterocycles. The Balaban J connectivity index is 1.52. The van der Waals surface area contributed by atoms with E-state index in [0.29, 0.717) is 22.5 Å². The van der Waals surface area contributed by atoms with Gasteiger partial charge in [-0.1, -0.05) is 42.1 Å². The smallest absolute Gasteiger partial charge is 0.226 e. The lowest BCUT2D eigenvalue weighted by molar-refractivity contribution is 0.410. The summed E-state index contributed by atoms with van der Waals surface area (Å²) in [6.45, 7) is 0. The van der Waals surface area contributed by atoms with Crippen LogP contribution in [0, 0.1) is 0 Å². The van der Waals surface area contributed by atoms with Crippen LogP contribution < -0.4 is 4.74 Å². The number of ether oxygens (including phenoxy) is 1. The summed E-state index contributed by atoms with van der Waals surface area (Å²) in [5.74, 6) is 1.89. The van der Waals surface area contributed by atoms with Crippen molar-refractivity contribution in [1.29, 1.82) is 0 Å². The summed E-state index contributed by atoms with van der Waals surface area (Å²) in [5, 5.41) is 12.6. The first-order chi connectivity index (χ1) is 12.8. The molecule has 7 nitrogen and oxygen atoms in total. The molecule has 0 saturated heterocycles. The fourth-order valence-corrected chi connectivity index (χ4v) is 3.21. The summed E-state index contributed by atoms with van der Waals surface area (Å²) < 4.78 is 12.6. The molecule has 4 aromatic rings. The van der Waals surface area contributed by atoms with E-state index in [4.69, 9.17) is 9.15 Å². The molecule has 0 unspecified atom stereocenters. The van der Waals surface area contributed by atoms with Gasteiger partial charge in [0.15, 0.2) is 0 Å². The van der Waals surface area contributed by atoms with Crippen LogP contribution in [-0.2, 0) is 5.75 Å². The first-order valence-electron chi connectivity index (χ1n) is 7.89. The topological polar surface area (TPSA) is 78.9 Å². The highest BCUT2D eigenvalue weighted by atomic mass is 32.2. The number of rotatable bonds is 6. The van der Waals surface area contributed by atoms with E-state index < -0.39 is 0 Å². The third-order valence-corrected chi connectivity index (χ3v) is 4.63. The number of oxazole rings is 1. The fourth-order valence-electron chi connectivity index (χ4n) is 2.45. The van der Waals surface area contributed by atoms with Gasteiger partial charge in [-0.25, -0.2) is 4.98 Å². The molecule has 0 saturated carbocycles. The lowest BCUT2D eigenvalue weighted by Gasteiger charge is -2.08. The number of benzene rings is 2. The SMILES string of the molecule is COc1ccccc1-n1nnnc1SCc1coc(-c2ccccc2)n1. The average Bonchev–Trinajstić information content (AvgIpc) is 3.36. The van der Waals surface area contributed by atoms with Gasteiger partial charge >= 0.3 is 0 Å². The lowest BCUT2D eigenvalue weighted by atomic mass is 10.2. The van der Waals surface area contributed by atoms with Gasteiger partial charge in [-0.3, -0.25) is 0 Å². The summed E-state index contributed by atoms with van der Waals surface area (Å²) >= 11 is 1.48. The fraction of sp³-hybridized carbons (Fsp3) is 0.111. The molecule has 4 rings (SSSR count). The Bertz CT molecular complexity index is 1000. The summed E-state index contributed by atoms with van der Waals surface area (Å²) in [6.07, 6.45) is 1.66. The molecule has 2 heterocycles. The van der Waals surface area contributed by atoms with Gasteiger partial charge in [-0.2, -0.15) is 4.68 Å². The maximum Gasteiger partial charge on any atom is 0.226 e. The Morgan fingerprint density at radius 1 is 1.08 bits per heavy atom. The standard InChI is InChI=1S/C18H15N5O2S/c1-24-16-10-6-5-9-15(16)23-18(20-21-22-23)26-12-14-11-25-17(19-14)13-7-3-2-4-8-13/h2-11H,12H2,1H3. The average molecular weight is 365 g/mol. The molecule has 0 spiro atoms. The maximum atomic E-state index is 5.57. The monoisotopic (exact) mass is 365 g/mol. The molecule has 8 heteroatoms. The van der Waals surface area contributed by atoms with E-state index in [-0.39, 0.29) is 0 Å². The molecular formula is C18H15N5O2S. The van der Waals surface area contributed by atoms with E-state index in [2.05, 4.69) is 20.5 Å². The largest absolute Gasteiger partial charge is 0.494 e. The van der Waals surface area contributed by atoms with E-state index in [1.165, 1.54) is 11.8 Å². The number of methoxy groups -OCH3 is 1. The molecule has 0 aliphatic carbocycles. The van der Waals surface area contributed by atoms with E-state index in [9.17, 15) is 0 Å². The minimum Gasteiger partial charge on any atom is -0.494 e. The van der Waals surface area contributed by atoms with Crippen LogP contribution in [0.5, 0.6) is 5.75 Å². The van der Waals surface area contributed by atoms with Crippen LogP contribution in [0.2, 0.25) is 0 Å². The van der Waals surface area contributed by atoms with E-state index in [0.717, 1.165) is 16.9 Å². The molecule has 0 amide bonds. The van der Waals surface area contributed by atoms with Crippen molar-refractivity contribution >= 4 is 11.8 Å². The van der Waals surface area contributed by atoms with Gasteiger partial charge in [0.2, 0.25) is 11.0 Å². The number of hydrogen-bond donors (Lipinski definition) is 0. The molecule has 0 aliphatic rings. The van der Waals surface area contributed by atoms with Crippen molar-refractivity contribution in [3.63, 3.8) is 0 Å². The first kappa shape index (κ1) is 16.3. The quantitative estimate of drug-likeness (QED) is 0.483. The summed E-state index contributed by atoms with van der Waals surface area (Å²) in [7, 11) is 1.62. The minimum absolute atomic E-state index is 0.589. The summed E-state index contributed by atoms with van der Waals surface area (Å²) in [5.41, 5.74) is 2.55. The zero-order chi connectivity index (χ0) is 17.8. The Morgan fingerprint density at radius 3 is 2.73 bits per heavy atom. The summed E-state index contributed by atoms with van der Waals surface area (Å²) in [4.78, 5) is 4.53. The Labute approximate surface area is 154 Å². The molecule has 0 aliphatic heterocycles. The number of aromatic nitrogens is 5. The van der Waals surface area contributed by atoms with Crippen LogP contribution in [0.15, 0.2) is 70.4 Å². The molecule has 0 atom stereocenters. The van der Waals surface area contributed by atoms with E-state index >= 15 is 0 Å². The zero-order valence-electron chi connectivity index (χ0n) is 13.9. The van der Waals surface area contributed by atoms with Gasteiger partial charge in [0.05, 0.1) is 12.8 Å². The second kappa shape index (κ2) is 7.40. The predicted molar refractivity (Wildman–Crippen MR) is 97.2 cm³/mol.